The van der Waals surface area contributed by atoms with Crippen LogP contribution in [0.4, 0.5) is 20.2 Å². The van der Waals surface area contributed by atoms with Gasteiger partial charge in [0, 0.05) is 23.3 Å². The third-order valence-corrected chi connectivity index (χ3v) is 2.72. The number of aromatic nitrogens is 1. The van der Waals surface area contributed by atoms with Crippen molar-refractivity contribution in [3.63, 3.8) is 0 Å². The van der Waals surface area contributed by atoms with Crippen molar-refractivity contribution in [2.24, 2.45) is 0 Å². The van der Waals surface area contributed by atoms with Gasteiger partial charge >= 0.3 is 0 Å². The van der Waals surface area contributed by atoms with E-state index in [0.717, 1.165) is 0 Å². The van der Waals surface area contributed by atoms with Crippen molar-refractivity contribution in [1.82, 2.24) is 4.98 Å². The lowest BCUT2D eigenvalue weighted by Crippen LogP contribution is -2.31. The number of hydrogen-bond acceptors (Lipinski definition) is 5. The predicted octanol–water partition coefficient (Wildman–Crippen LogP) is 2.18. The van der Waals surface area contributed by atoms with E-state index in [-0.39, 0.29) is 11.2 Å². The summed E-state index contributed by atoms with van der Waals surface area (Å²) >= 11 is 0. The van der Waals surface area contributed by atoms with Crippen molar-refractivity contribution < 1.29 is 18.8 Å². The molecule has 0 fully saturated rings. The number of alkyl halides is 2. The van der Waals surface area contributed by atoms with E-state index in [1.165, 1.54) is 24.4 Å². The largest absolute Gasteiger partial charge is 0.390 e. The van der Waals surface area contributed by atoms with Crippen molar-refractivity contribution in [1.29, 1.82) is 0 Å². The minimum absolute atomic E-state index is 0.120. The number of nitro benzene ring substituents is 1. The molecule has 0 bridgehead atoms. The van der Waals surface area contributed by atoms with Gasteiger partial charge in [-0.1, -0.05) is 12.1 Å². The van der Waals surface area contributed by atoms with Crippen LogP contribution in [0.1, 0.15) is 0 Å². The highest BCUT2D eigenvalue weighted by Gasteiger charge is 2.27. The molecule has 0 atom stereocenters. The van der Waals surface area contributed by atoms with Crippen molar-refractivity contribution in [2.45, 2.75) is 5.92 Å². The fraction of sp³-hybridized carbons (Fsp3) is 0.250. The van der Waals surface area contributed by atoms with Crippen molar-refractivity contribution in [3.8, 4) is 0 Å². The first-order valence-electron chi connectivity index (χ1n) is 5.69. The summed E-state index contributed by atoms with van der Waals surface area (Å²) in [5, 5.41) is 22.2. The SMILES string of the molecule is O=[N+]([O-])c1cccc2c(NCC(F)(F)CO)ccnc12. The molecule has 0 unspecified atom stereocenters. The molecule has 1 aromatic heterocycles. The Kier molecular flexibility index (Phi) is 3.75. The van der Waals surface area contributed by atoms with Crippen LogP contribution in [-0.2, 0) is 0 Å². The molecule has 0 aliphatic rings. The molecular formula is C12H11F2N3O3. The van der Waals surface area contributed by atoms with Crippen LogP contribution in [0.25, 0.3) is 10.9 Å². The molecular weight excluding hydrogens is 272 g/mol. The van der Waals surface area contributed by atoms with E-state index in [0.29, 0.717) is 11.1 Å². The number of anilines is 1. The molecule has 0 saturated carbocycles. The monoisotopic (exact) mass is 283 g/mol. The maximum absolute atomic E-state index is 13.0. The van der Waals surface area contributed by atoms with E-state index in [2.05, 4.69) is 10.3 Å². The number of nitrogens with one attached hydrogen (secondary N) is 1. The van der Waals surface area contributed by atoms with Crippen molar-refractivity contribution in [3.05, 3.63) is 40.6 Å². The van der Waals surface area contributed by atoms with Crippen LogP contribution in [0.3, 0.4) is 0 Å². The number of nitrogens with zero attached hydrogens (tertiary/aromatic N) is 2. The average Bonchev–Trinajstić information content (AvgIpc) is 2.44. The molecule has 0 amide bonds. The van der Waals surface area contributed by atoms with Gasteiger partial charge in [-0.15, -0.1) is 0 Å². The number of para-hydroxylation sites is 1. The second-order valence-electron chi connectivity index (χ2n) is 4.16. The number of non-ortho nitro benzene ring substituents is 1. The fourth-order valence-electron chi connectivity index (χ4n) is 1.74. The fourth-order valence-corrected chi connectivity index (χ4v) is 1.74. The third kappa shape index (κ3) is 2.80. The van der Waals surface area contributed by atoms with Gasteiger partial charge in [-0.2, -0.15) is 0 Å². The zero-order valence-corrected chi connectivity index (χ0v) is 10.2. The maximum Gasteiger partial charge on any atom is 0.295 e. The first-order chi connectivity index (χ1) is 9.44. The molecule has 0 spiro atoms. The van der Waals surface area contributed by atoms with Gasteiger partial charge < -0.3 is 10.4 Å². The van der Waals surface area contributed by atoms with Crippen molar-refractivity contribution in [2.75, 3.05) is 18.5 Å². The Morgan fingerprint density at radius 1 is 1.40 bits per heavy atom. The summed E-state index contributed by atoms with van der Waals surface area (Å²) in [4.78, 5) is 14.2. The molecule has 8 heteroatoms. The molecule has 6 nitrogen and oxygen atoms in total. The summed E-state index contributed by atoms with van der Waals surface area (Å²) in [6, 6.07) is 5.74. The van der Waals surface area contributed by atoms with E-state index < -0.39 is 24.0 Å². The predicted molar refractivity (Wildman–Crippen MR) is 68.9 cm³/mol. The van der Waals surface area contributed by atoms with Crippen LogP contribution < -0.4 is 5.32 Å². The first-order valence-corrected chi connectivity index (χ1v) is 5.69. The molecule has 1 aromatic carbocycles. The Balaban J connectivity index is 2.40. The molecule has 0 radical (unpaired) electrons. The number of nitro groups is 1. The van der Waals surface area contributed by atoms with Gasteiger partial charge in [0.05, 0.1) is 11.5 Å². The minimum Gasteiger partial charge on any atom is -0.390 e. The lowest BCUT2D eigenvalue weighted by Gasteiger charge is -2.15. The first kappa shape index (κ1) is 14.1. The minimum atomic E-state index is -3.27. The zero-order valence-electron chi connectivity index (χ0n) is 10.2. The van der Waals surface area contributed by atoms with E-state index in [4.69, 9.17) is 5.11 Å². The number of aliphatic hydroxyl groups is 1. The molecule has 0 aliphatic heterocycles. The van der Waals surface area contributed by atoms with E-state index >= 15 is 0 Å². The molecule has 106 valence electrons. The lowest BCUT2D eigenvalue weighted by molar-refractivity contribution is -0.383. The number of pyridine rings is 1. The van der Waals surface area contributed by atoms with Gasteiger partial charge in [0.25, 0.3) is 11.6 Å². The van der Waals surface area contributed by atoms with Crippen molar-refractivity contribution >= 4 is 22.3 Å². The molecule has 20 heavy (non-hydrogen) atoms. The zero-order chi connectivity index (χ0) is 14.8. The summed E-state index contributed by atoms with van der Waals surface area (Å²) in [5.74, 6) is -3.27. The summed E-state index contributed by atoms with van der Waals surface area (Å²) in [6.45, 7) is -2.05. The summed E-state index contributed by atoms with van der Waals surface area (Å²) in [5.41, 5.74) is 0.224. The highest BCUT2D eigenvalue weighted by molar-refractivity contribution is 5.96. The molecule has 0 saturated heterocycles. The van der Waals surface area contributed by atoms with Gasteiger partial charge in [-0.3, -0.25) is 10.1 Å². The summed E-state index contributed by atoms with van der Waals surface area (Å²) in [6.07, 6.45) is 1.30. The highest BCUT2D eigenvalue weighted by atomic mass is 19.3. The van der Waals surface area contributed by atoms with Gasteiger partial charge in [0.1, 0.15) is 12.1 Å². The number of benzene rings is 1. The van der Waals surface area contributed by atoms with E-state index in [9.17, 15) is 18.9 Å². The average molecular weight is 283 g/mol. The second kappa shape index (κ2) is 5.33. The van der Waals surface area contributed by atoms with Crippen LogP contribution in [0.5, 0.6) is 0 Å². The Bertz CT molecular complexity index is 649. The number of rotatable bonds is 5. The second-order valence-corrected chi connectivity index (χ2v) is 4.16. The maximum atomic E-state index is 13.0. The molecule has 0 aliphatic carbocycles. The number of aliphatic hydroxyl groups excluding tert-OH is 1. The van der Waals surface area contributed by atoms with E-state index in [1.54, 1.807) is 6.07 Å². The number of hydrogen-bond donors (Lipinski definition) is 2. The number of fused-ring (bicyclic) bond motifs is 1. The lowest BCUT2D eigenvalue weighted by atomic mass is 10.1. The quantitative estimate of drug-likeness (QED) is 0.648. The molecule has 2 N–H and O–H groups in total. The van der Waals surface area contributed by atoms with Crippen LogP contribution in [0, 0.1) is 10.1 Å². The molecule has 2 aromatic rings. The van der Waals surface area contributed by atoms with Gasteiger partial charge in [-0.25, -0.2) is 13.8 Å². The smallest absolute Gasteiger partial charge is 0.295 e. The molecule has 2 rings (SSSR count). The van der Waals surface area contributed by atoms with Gasteiger partial charge in [0.2, 0.25) is 0 Å². The van der Waals surface area contributed by atoms with Crippen LogP contribution in [0.15, 0.2) is 30.5 Å². The van der Waals surface area contributed by atoms with Crippen LogP contribution in [0.2, 0.25) is 0 Å². The Hall–Kier alpha value is -2.35. The summed E-state index contributed by atoms with van der Waals surface area (Å²) < 4.78 is 26.0. The Morgan fingerprint density at radius 2 is 2.15 bits per heavy atom. The van der Waals surface area contributed by atoms with Gasteiger partial charge in [0.15, 0.2) is 0 Å². The Labute approximate surface area is 112 Å². The molecule has 1 heterocycles. The number of halogens is 2. The third-order valence-electron chi connectivity index (χ3n) is 2.72. The van der Waals surface area contributed by atoms with Gasteiger partial charge in [-0.05, 0) is 6.07 Å². The highest BCUT2D eigenvalue weighted by Crippen LogP contribution is 2.29. The van der Waals surface area contributed by atoms with Crippen LogP contribution >= 0.6 is 0 Å². The Morgan fingerprint density at radius 3 is 2.80 bits per heavy atom. The van der Waals surface area contributed by atoms with Crippen LogP contribution in [-0.4, -0.2) is 34.1 Å². The standard InChI is InChI=1S/C12H11F2N3O3/c13-12(14,7-18)6-16-9-4-5-15-11-8(9)2-1-3-10(11)17(19)20/h1-5,18H,6-7H2,(H,15,16). The summed E-state index contributed by atoms with van der Waals surface area (Å²) in [7, 11) is 0. The topological polar surface area (TPSA) is 88.3 Å². The normalized spacial score (nSPS) is 11.6. The van der Waals surface area contributed by atoms with E-state index in [1.807, 2.05) is 0 Å².